The van der Waals surface area contributed by atoms with Crippen LogP contribution in [0.3, 0.4) is 0 Å². The van der Waals surface area contributed by atoms with E-state index in [1.54, 1.807) is 0 Å². The molecule has 0 aromatic carbocycles. The standard InChI is InChI=1S/C15H21N3O2/c1-2-12-4-3-11-7-18(6-5-14(11)16-12)15(20)10-17-8-13(19)9-17/h3-4,13,19H,2,5-10H2,1H3. The molecule has 0 saturated carbocycles. The summed E-state index contributed by atoms with van der Waals surface area (Å²) >= 11 is 0. The van der Waals surface area contributed by atoms with Gasteiger partial charge in [-0.2, -0.15) is 0 Å². The minimum absolute atomic E-state index is 0.155. The van der Waals surface area contributed by atoms with Crippen molar-refractivity contribution in [2.45, 2.75) is 32.4 Å². The van der Waals surface area contributed by atoms with Gasteiger partial charge in [-0.1, -0.05) is 13.0 Å². The highest BCUT2D eigenvalue weighted by atomic mass is 16.3. The Labute approximate surface area is 119 Å². The first-order valence-electron chi connectivity index (χ1n) is 7.31. The van der Waals surface area contributed by atoms with Crippen molar-refractivity contribution >= 4 is 5.91 Å². The average Bonchev–Trinajstić information content (AvgIpc) is 2.44. The van der Waals surface area contributed by atoms with Crippen molar-refractivity contribution in [2.24, 2.45) is 0 Å². The second-order valence-corrected chi connectivity index (χ2v) is 5.68. The highest BCUT2D eigenvalue weighted by molar-refractivity contribution is 5.78. The maximum Gasteiger partial charge on any atom is 0.237 e. The van der Waals surface area contributed by atoms with Crippen LogP contribution < -0.4 is 0 Å². The highest BCUT2D eigenvalue weighted by Crippen LogP contribution is 2.19. The monoisotopic (exact) mass is 275 g/mol. The van der Waals surface area contributed by atoms with E-state index in [9.17, 15) is 9.90 Å². The number of β-amino-alcohol motifs (C(OH)–C–C–N with tert-alkyl or cyclic N) is 1. The minimum Gasteiger partial charge on any atom is -0.390 e. The third-order valence-electron chi connectivity index (χ3n) is 4.12. The van der Waals surface area contributed by atoms with Crippen LogP contribution in [0, 0.1) is 0 Å². The van der Waals surface area contributed by atoms with Crippen LogP contribution in [-0.4, -0.2) is 58.1 Å². The molecular formula is C15H21N3O2. The number of rotatable bonds is 3. The van der Waals surface area contributed by atoms with E-state index < -0.39 is 0 Å². The van der Waals surface area contributed by atoms with Crippen LogP contribution in [0.4, 0.5) is 0 Å². The van der Waals surface area contributed by atoms with Crippen molar-refractivity contribution in [3.05, 3.63) is 29.1 Å². The molecule has 1 aromatic heterocycles. The summed E-state index contributed by atoms with van der Waals surface area (Å²) < 4.78 is 0. The zero-order chi connectivity index (χ0) is 14.1. The van der Waals surface area contributed by atoms with E-state index in [-0.39, 0.29) is 12.0 Å². The highest BCUT2D eigenvalue weighted by Gasteiger charge is 2.29. The Hall–Kier alpha value is -1.46. The first-order chi connectivity index (χ1) is 9.65. The lowest BCUT2D eigenvalue weighted by Crippen LogP contribution is -2.54. The fraction of sp³-hybridized carbons (Fsp3) is 0.600. The zero-order valence-corrected chi connectivity index (χ0v) is 11.9. The lowest BCUT2D eigenvalue weighted by atomic mass is 10.0. The van der Waals surface area contributed by atoms with Crippen LogP contribution in [0.5, 0.6) is 0 Å². The van der Waals surface area contributed by atoms with Crippen molar-refractivity contribution in [1.29, 1.82) is 0 Å². The lowest BCUT2D eigenvalue weighted by Gasteiger charge is -2.37. The van der Waals surface area contributed by atoms with Crippen molar-refractivity contribution in [2.75, 3.05) is 26.2 Å². The Morgan fingerprint density at radius 3 is 2.95 bits per heavy atom. The van der Waals surface area contributed by atoms with E-state index in [2.05, 4.69) is 24.0 Å². The Morgan fingerprint density at radius 1 is 1.45 bits per heavy atom. The summed E-state index contributed by atoms with van der Waals surface area (Å²) in [5.74, 6) is 0.155. The first kappa shape index (κ1) is 13.5. The number of nitrogens with zero attached hydrogens (tertiary/aromatic N) is 3. The van der Waals surface area contributed by atoms with E-state index in [0.29, 0.717) is 26.2 Å². The van der Waals surface area contributed by atoms with Gasteiger partial charge in [0.2, 0.25) is 5.91 Å². The molecule has 0 spiro atoms. The quantitative estimate of drug-likeness (QED) is 0.856. The fourth-order valence-corrected chi connectivity index (χ4v) is 2.83. The molecule has 1 amide bonds. The zero-order valence-electron chi connectivity index (χ0n) is 11.9. The number of fused-ring (bicyclic) bond motifs is 1. The molecule has 1 aromatic rings. The Bertz CT molecular complexity index is 512. The van der Waals surface area contributed by atoms with Gasteiger partial charge in [-0.25, -0.2) is 0 Å². The lowest BCUT2D eigenvalue weighted by molar-refractivity contribution is -0.136. The van der Waals surface area contributed by atoms with Gasteiger partial charge in [0.15, 0.2) is 0 Å². The van der Waals surface area contributed by atoms with Crippen molar-refractivity contribution in [3.63, 3.8) is 0 Å². The number of hydrogen-bond donors (Lipinski definition) is 1. The summed E-state index contributed by atoms with van der Waals surface area (Å²) in [7, 11) is 0. The Kier molecular flexibility index (Phi) is 3.72. The maximum absolute atomic E-state index is 12.2. The molecule has 3 rings (SSSR count). The SMILES string of the molecule is CCc1ccc2c(n1)CCN(C(=O)CN1CC(O)C1)C2. The Balaban J connectivity index is 1.61. The normalized spacial score (nSPS) is 19.6. The molecule has 0 atom stereocenters. The number of carbonyl (C=O) groups excluding carboxylic acids is 1. The van der Waals surface area contributed by atoms with Gasteiger partial charge in [0.1, 0.15) is 0 Å². The van der Waals surface area contributed by atoms with E-state index in [1.807, 2.05) is 9.80 Å². The number of likely N-dealkylation sites (tertiary alicyclic amines) is 1. The molecule has 20 heavy (non-hydrogen) atoms. The van der Waals surface area contributed by atoms with Crippen LogP contribution in [0.1, 0.15) is 23.9 Å². The van der Waals surface area contributed by atoms with Gasteiger partial charge in [0.25, 0.3) is 0 Å². The summed E-state index contributed by atoms with van der Waals surface area (Å²) in [5.41, 5.74) is 3.44. The predicted molar refractivity (Wildman–Crippen MR) is 75.2 cm³/mol. The van der Waals surface area contributed by atoms with Gasteiger partial charge in [0.05, 0.1) is 12.6 Å². The van der Waals surface area contributed by atoms with Crippen LogP contribution in [0.2, 0.25) is 0 Å². The topological polar surface area (TPSA) is 56.7 Å². The summed E-state index contributed by atoms with van der Waals surface area (Å²) in [6.07, 6.45) is 1.55. The number of aromatic nitrogens is 1. The van der Waals surface area contributed by atoms with Crippen LogP contribution >= 0.6 is 0 Å². The van der Waals surface area contributed by atoms with Gasteiger partial charge in [-0.15, -0.1) is 0 Å². The van der Waals surface area contributed by atoms with Gasteiger partial charge in [0, 0.05) is 44.0 Å². The first-order valence-corrected chi connectivity index (χ1v) is 7.31. The number of aryl methyl sites for hydroxylation is 1. The second-order valence-electron chi connectivity index (χ2n) is 5.68. The molecule has 0 aliphatic carbocycles. The molecule has 1 N–H and O–H groups in total. The third kappa shape index (κ3) is 2.69. The van der Waals surface area contributed by atoms with Gasteiger partial charge in [-0.3, -0.25) is 14.7 Å². The summed E-state index contributed by atoms with van der Waals surface area (Å²) in [5, 5.41) is 9.25. The molecule has 2 aliphatic heterocycles. The molecule has 0 bridgehead atoms. The molecule has 1 saturated heterocycles. The van der Waals surface area contributed by atoms with Crippen molar-refractivity contribution < 1.29 is 9.90 Å². The maximum atomic E-state index is 12.2. The second kappa shape index (κ2) is 5.50. The molecule has 5 nitrogen and oxygen atoms in total. The molecule has 1 fully saturated rings. The van der Waals surface area contributed by atoms with E-state index in [4.69, 9.17) is 0 Å². The summed E-state index contributed by atoms with van der Waals surface area (Å²) in [6, 6.07) is 4.16. The smallest absolute Gasteiger partial charge is 0.237 e. The molecule has 108 valence electrons. The number of aliphatic hydroxyl groups is 1. The molecule has 0 unspecified atom stereocenters. The largest absolute Gasteiger partial charge is 0.390 e. The molecule has 5 heteroatoms. The number of pyridine rings is 1. The average molecular weight is 275 g/mol. The molecule has 3 heterocycles. The van der Waals surface area contributed by atoms with Gasteiger partial charge < -0.3 is 10.0 Å². The molecule has 0 radical (unpaired) electrons. The van der Waals surface area contributed by atoms with E-state index in [0.717, 1.165) is 30.8 Å². The molecular weight excluding hydrogens is 254 g/mol. The third-order valence-corrected chi connectivity index (χ3v) is 4.12. The van der Waals surface area contributed by atoms with Gasteiger partial charge in [-0.05, 0) is 18.1 Å². The van der Waals surface area contributed by atoms with Gasteiger partial charge >= 0.3 is 0 Å². The number of carbonyl (C=O) groups is 1. The number of aliphatic hydroxyl groups excluding tert-OH is 1. The van der Waals surface area contributed by atoms with E-state index >= 15 is 0 Å². The van der Waals surface area contributed by atoms with Crippen LogP contribution in [-0.2, 0) is 24.2 Å². The van der Waals surface area contributed by atoms with Crippen molar-refractivity contribution in [1.82, 2.24) is 14.8 Å². The van der Waals surface area contributed by atoms with Crippen LogP contribution in [0.25, 0.3) is 0 Å². The minimum atomic E-state index is -0.249. The predicted octanol–water partition coefficient (Wildman–Crippen LogP) is 0.205. The van der Waals surface area contributed by atoms with E-state index in [1.165, 1.54) is 5.56 Å². The Morgan fingerprint density at radius 2 is 2.25 bits per heavy atom. The van der Waals surface area contributed by atoms with Crippen molar-refractivity contribution in [3.8, 4) is 0 Å². The summed E-state index contributed by atoms with van der Waals surface area (Å²) in [4.78, 5) is 20.8. The number of hydrogen-bond acceptors (Lipinski definition) is 4. The fourth-order valence-electron chi connectivity index (χ4n) is 2.83. The van der Waals surface area contributed by atoms with Crippen LogP contribution in [0.15, 0.2) is 12.1 Å². The number of amides is 1. The summed E-state index contributed by atoms with van der Waals surface area (Å²) in [6.45, 7) is 5.20. The molecule has 2 aliphatic rings.